The molecule has 2 rings (SSSR count). The van der Waals surface area contributed by atoms with Crippen LogP contribution in [0.15, 0.2) is 54.6 Å². The van der Waals surface area contributed by atoms with Gasteiger partial charge in [-0.3, -0.25) is 0 Å². The molecule has 0 radical (unpaired) electrons. The normalized spacial score (nSPS) is 13.6. The van der Waals surface area contributed by atoms with Crippen LogP contribution in [-0.4, -0.2) is 12.6 Å². The predicted octanol–water partition coefficient (Wildman–Crippen LogP) is 4.76. The summed E-state index contributed by atoms with van der Waals surface area (Å²) in [7, 11) is 0. The maximum atomic E-state index is 6.14. The molecule has 0 aliphatic heterocycles. The molecule has 2 aromatic rings. The molecule has 0 spiro atoms. The summed E-state index contributed by atoms with van der Waals surface area (Å²) < 4.78 is 6.14. The van der Waals surface area contributed by atoms with Crippen LogP contribution in [-0.2, 0) is 6.54 Å². The Labute approximate surface area is 134 Å². The third kappa shape index (κ3) is 4.88. The van der Waals surface area contributed by atoms with E-state index in [9.17, 15) is 0 Å². The maximum absolute atomic E-state index is 6.14. The molecule has 2 nitrogen and oxygen atoms in total. The first-order chi connectivity index (χ1) is 10.7. The summed E-state index contributed by atoms with van der Waals surface area (Å²) in [4.78, 5) is 0. The number of nitrogens with one attached hydrogen (secondary N) is 1. The van der Waals surface area contributed by atoms with Gasteiger partial charge in [-0.05, 0) is 36.5 Å². The SMILES string of the molecule is CCC(C)c1ccccc1OC(C)CNCc1ccccc1. The van der Waals surface area contributed by atoms with Gasteiger partial charge in [0, 0.05) is 13.1 Å². The molecule has 118 valence electrons. The molecule has 0 amide bonds. The molecule has 0 saturated heterocycles. The Hall–Kier alpha value is -1.80. The fourth-order valence-electron chi connectivity index (χ4n) is 2.49. The number of para-hydroxylation sites is 1. The fourth-order valence-corrected chi connectivity index (χ4v) is 2.49. The minimum Gasteiger partial charge on any atom is -0.489 e. The number of hydrogen-bond acceptors (Lipinski definition) is 2. The first-order valence-corrected chi connectivity index (χ1v) is 8.21. The average molecular weight is 297 g/mol. The third-order valence-corrected chi connectivity index (χ3v) is 3.99. The van der Waals surface area contributed by atoms with Crippen LogP contribution in [0, 0.1) is 0 Å². The zero-order valence-corrected chi connectivity index (χ0v) is 13.9. The largest absolute Gasteiger partial charge is 0.489 e. The van der Waals surface area contributed by atoms with Crippen molar-refractivity contribution >= 4 is 0 Å². The number of benzene rings is 2. The monoisotopic (exact) mass is 297 g/mol. The molecule has 2 atom stereocenters. The van der Waals surface area contributed by atoms with Crippen molar-refractivity contribution in [3.05, 3.63) is 65.7 Å². The van der Waals surface area contributed by atoms with Gasteiger partial charge in [0.15, 0.2) is 0 Å². The molecule has 0 aliphatic rings. The van der Waals surface area contributed by atoms with Gasteiger partial charge in [0.1, 0.15) is 11.9 Å². The second-order valence-electron chi connectivity index (χ2n) is 5.89. The van der Waals surface area contributed by atoms with Crippen molar-refractivity contribution in [1.29, 1.82) is 0 Å². The van der Waals surface area contributed by atoms with Crippen LogP contribution < -0.4 is 10.1 Å². The molecule has 0 aliphatic carbocycles. The Kier molecular flexibility index (Phi) is 6.47. The Balaban J connectivity index is 1.85. The van der Waals surface area contributed by atoms with E-state index in [1.165, 1.54) is 11.1 Å². The van der Waals surface area contributed by atoms with Gasteiger partial charge in [-0.2, -0.15) is 0 Å². The van der Waals surface area contributed by atoms with Crippen LogP contribution in [0.1, 0.15) is 44.2 Å². The van der Waals surface area contributed by atoms with E-state index in [0.717, 1.165) is 25.3 Å². The van der Waals surface area contributed by atoms with E-state index in [1.807, 2.05) is 12.1 Å². The Morgan fingerprint density at radius 3 is 2.36 bits per heavy atom. The highest BCUT2D eigenvalue weighted by Gasteiger charge is 2.12. The summed E-state index contributed by atoms with van der Waals surface area (Å²) in [5.74, 6) is 1.55. The van der Waals surface area contributed by atoms with Crippen LogP contribution in [0.3, 0.4) is 0 Å². The predicted molar refractivity (Wildman–Crippen MR) is 93.4 cm³/mol. The molecule has 0 fully saturated rings. The fraction of sp³-hybridized carbons (Fsp3) is 0.400. The quantitative estimate of drug-likeness (QED) is 0.758. The van der Waals surface area contributed by atoms with E-state index < -0.39 is 0 Å². The Morgan fingerprint density at radius 1 is 0.955 bits per heavy atom. The highest BCUT2D eigenvalue weighted by Crippen LogP contribution is 2.28. The van der Waals surface area contributed by atoms with E-state index in [-0.39, 0.29) is 6.10 Å². The standard InChI is InChI=1S/C20H27NO/c1-4-16(2)19-12-8-9-13-20(19)22-17(3)14-21-15-18-10-6-5-7-11-18/h5-13,16-17,21H,4,14-15H2,1-3H3. The van der Waals surface area contributed by atoms with Crippen molar-refractivity contribution in [3.63, 3.8) is 0 Å². The summed E-state index contributed by atoms with van der Waals surface area (Å²) in [6.07, 6.45) is 1.27. The van der Waals surface area contributed by atoms with Crippen molar-refractivity contribution in [1.82, 2.24) is 5.32 Å². The summed E-state index contributed by atoms with van der Waals surface area (Å²) in [6, 6.07) is 18.8. The first kappa shape index (κ1) is 16.6. The molecule has 0 bridgehead atoms. The third-order valence-electron chi connectivity index (χ3n) is 3.99. The summed E-state index contributed by atoms with van der Waals surface area (Å²) in [5, 5.41) is 3.46. The van der Waals surface area contributed by atoms with Crippen molar-refractivity contribution in [2.24, 2.45) is 0 Å². The van der Waals surface area contributed by atoms with Gasteiger partial charge in [0.05, 0.1) is 0 Å². The highest BCUT2D eigenvalue weighted by molar-refractivity contribution is 5.36. The van der Waals surface area contributed by atoms with Crippen LogP contribution in [0.5, 0.6) is 5.75 Å². The average Bonchev–Trinajstić information content (AvgIpc) is 2.55. The van der Waals surface area contributed by atoms with E-state index in [2.05, 4.69) is 68.6 Å². The van der Waals surface area contributed by atoms with E-state index in [4.69, 9.17) is 4.74 Å². The Morgan fingerprint density at radius 2 is 1.64 bits per heavy atom. The minimum absolute atomic E-state index is 0.147. The lowest BCUT2D eigenvalue weighted by atomic mass is 9.98. The molecule has 0 heterocycles. The van der Waals surface area contributed by atoms with Gasteiger partial charge in [-0.25, -0.2) is 0 Å². The molecular formula is C20H27NO. The molecule has 0 aromatic heterocycles. The van der Waals surface area contributed by atoms with Crippen LogP contribution in [0.2, 0.25) is 0 Å². The molecular weight excluding hydrogens is 270 g/mol. The van der Waals surface area contributed by atoms with Crippen LogP contribution in [0.25, 0.3) is 0 Å². The van der Waals surface area contributed by atoms with Crippen molar-refractivity contribution in [2.75, 3.05) is 6.54 Å². The molecule has 1 N–H and O–H groups in total. The second kappa shape index (κ2) is 8.60. The van der Waals surface area contributed by atoms with E-state index in [1.54, 1.807) is 0 Å². The van der Waals surface area contributed by atoms with Gasteiger partial charge >= 0.3 is 0 Å². The Bertz CT molecular complexity index is 553. The van der Waals surface area contributed by atoms with Gasteiger partial charge in [-0.15, -0.1) is 0 Å². The lowest BCUT2D eigenvalue weighted by Gasteiger charge is -2.20. The van der Waals surface area contributed by atoms with Crippen molar-refractivity contribution < 1.29 is 4.74 Å². The van der Waals surface area contributed by atoms with Crippen molar-refractivity contribution in [2.45, 2.75) is 45.8 Å². The zero-order valence-electron chi connectivity index (χ0n) is 13.9. The smallest absolute Gasteiger partial charge is 0.123 e. The lowest BCUT2D eigenvalue weighted by molar-refractivity contribution is 0.214. The molecule has 2 unspecified atom stereocenters. The molecule has 22 heavy (non-hydrogen) atoms. The highest BCUT2D eigenvalue weighted by atomic mass is 16.5. The van der Waals surface area contributed by atoms with Gasteiger partial charge < -0.3 is 10.1 Å². The van der Waals surface area contributed by atoms with Gasteiger partial charge in [0.2, 0.25) is 0 Å². The van der Waals surface area contributed by atoms with Gasteiger partial charge in [0.25, 0.3) is 0 Å². The van der Waals surface area contributed by atoms with E-state index in [0.29, 0.717) is 5.92 Å². The number of rotatable bonds is 8. The molecule has 0 saturated carbocycles. The topological polar surface area (TPSA) is 21.3 Å². The molecule has 2 heteroatoms. The summed E-state index contributed by atoms with van der Waals surface area (Å²) in [6.45, 7) is 8.30. The van der Waals surface area contributed by atoms with Gasteiger partial charge in [-0.1, -0.05) is 62.4 Å². The van der Waals surface area contributed by atoms with Crippen molar-refractivity contribution in [3.8, 4) is 5.75 Å². The first-order valence-electron chi connectivity index (χ1n) is 8.21. The summed E-state index contributed by atoms with van der Waals surface area (Å²) in [5.41, 5.74) is 2.61. The zero-order chi connectivity index (χ0) is 15.8. The minimum atomic E-state index is 0.147. The number of hydrogen-bond donors (Lipinski definition) is 1. The van der Waals surface area contributed by atoms with Crippen LogP contribution >= 0.6 is 0 Å². The second-order valence-corrected chi connectivity index (χ2v) is 5.89. The lowest BCUT2D eigenvalue weighted by Crippen LogP contribution is -2.28. The molecule has 2 aromatic carbocycles. The summed E-state index contributed by atoms with van der Waals surface area (Å²) >= 11 is 0. The maximum Gasteiger partial charge on any atom is 0.123 e. The van der Waals surface area contributed by atoms with E-state index >= 15 is 0 Å². The number of ether oxygens (including phenoxy) is 1. The van der Waals surface area contributed by atoms with Crippen LogP contribution in [0.4, 0.5) is 0 Å².